The lowest BCUT2D eigenvalue weighted by atomic mass is 9.91. The van der Waals surface area contributed by atoms with Crippen LogP contribution in [0.1, 0.15) is 49.0 Å². The lowest BCUT2D eigenvalue weighted by molar-refractivity contribution is -0.122. The van der Waals surface area contributed by atoms with Gasteiger partial charge in [0.1, 0.15) is 0 Å². The number of rotatable bonds is 4. The van der Waals surface area contributed by atoms with Crippen molar-refractivity contribution in [3.05, 3.63) is 29.5 Å². The first-order valence-electron chi connectivity index (χ1n) is 9.96. The topological polar surface area (TPSA) is 78.1 Å². The van der Waals surface area contributed by atoms with E-state index in [-0.39, 0.29) is 23.8 Å². The van der Waals surface area contributed by atoms with Crippen molar-refractivity contribution in [2.45, 2.75) is 46.1 Å². The van der Waals surface area contributed by atoms with Crippen LogP contribution in [0.5, 0.6) is 0 Å². The number of piperidine rings is 1. The number of fused-ring (bicyclic) bond motifs is 1. The van der Waals surface area contributed by atoms with Crippen LogP contribution in [-0.2, 0) is 4.79 Å². The Balaban J connectivity index is 1.54. The van der Waals surface area contributed by atoms with E-state index in [2.05, 4.69) is 29.4 Å². The normalized spacial score (nSPS) is 27.6. The number of likely N-dealkylation sites (tertiary alicyclic amines) is 1. The minimum atomic E-state index is 0.0267. The fraction of sp³-hybridized carbons (Fsp3) is 0.571. The van der Waals surface area contributed by atoms with Crippen LogP contribution in [0.2, 0.25) is 0 Å². The molecule has 2 aromatic rings. The van der Waals surface area contributed by atoms with Crippen molar-refractivity contribution in [3.63, 3.8) is 0 Å². The molecule has 0 radical (unpaired) electrons. The van der Waals surface area contributed by atoms with Gasteiger partial charge in [-0.2, -0.15) is 5.10 Å². The predicted molar refractivity (Wildman–Crippen MR) is 104 cm³/mol. The van der Waals surface area contributed by atoms with Gasteiger partial charge in [-0.3, -0.25) is 14.7 Å². The standard InChI is InChI=1S/C21H28N4O2/c1-12-4-5-25(16(7-12)11-22-20(26)17-9-14(17)3)21(27)18-8-13(2)6-15-10-23-24-19(15)18/h6,8,10,12,14,16-17H,4-5,7,9,11H2,1-3H3,(H,22,26)(H,23,24)/t12-,14-,16+,17-/m1/s1. The van der Waals surface area contributed by atoms with Gasteiger partial charge in [0.15, 0.2) is 0 Å². The SMILES string of the molecule is Cc1cc(C(=O)N2CC[C@@H](C)C[C@H]2CNC(=O)[C@@H]2C[C@H]2C)c2[nH]ncc2c1. The van der Waals surface area contributed by atoms with E-state index in [1.165, 1.54) is 0 Å². The molecule has 4 rings (SSSR count). The summed E-state index contributed by atoms with van der Waals surface area (Å²) in [6, 6.07) is 4.00. The third-order valence-electron chi connectivity index (χ3n) is 6.12. The lowest BCUT2D eigenvalue weighted by Gasteiger charge is -2.39. The van der Waals surface area contributed by atoms with Crippen molar-refractivity contribution >= 4 is 22.7 Å². The second kappa shape index (κ2) is 6.98. The first-order valence-corrected chi connectivity index (χ1v) is 9.96. The molecule has 1 aliphatic heterocycles. The quantitative estimate of drug-likeness (QED) is 0.871. The van der Waals surface area contributed by atoms with Crippen molar-refractivity contribution in [1.82, 2.24) is 20.4 Å². The summed E-state index contributed by atoms with van der Waals surface area (Å²) < 4.78 is 0. The zero-order valence-electron chi connectivity index (χ0n) is 16.3. The highest BCUT2D eigenvalue weighted by Gasteiger charge is 2.39. The molecule has 4 atom stereocenters. The second-order valence-corrected chi connectivity index (χ2v) is 8.49. The van der Waals surface area contributed by atoms with Crippen LogP contribution in [0.4, 0.5) is 0 Å². The molecule has 2 aliphatic rings. The summed E-state index contributed by atoms with van der Waals surface area (Å²) in [7, 11) is 0. The van der Waals surface area contributed by atoms with Gasteiger partial charge in [0.25, 0.3) is 5.91 Å². The molecule has 1 aromatic carbocycles. The van der Waals surface area contributed by atoms with E-state index in [4.69, 9.17) is 0 Å². The number of nitrogens with zero attached hydrogens (tertiary/aromatic N) is 2. The molecule has 0 unspecified atom stereocenters. The third kappa shape index (κ3) is 3.57. The number of hydrogen-bond acceptors (Lipinski definition) is 3. The van der Waals surface area contributed by atoms with Gasteiger partial charge >= 0.3 is 0 Å². The van der Waals surface area contributed by atoms with Gasteiger partial charge in [0, 0.05) is 30.4 Å². The van der Waals surface area contributed by atoms with Crippen LogP contribution in [0.25, 0.3) is 10.9 Å². The van der Waals surface area contributed by atoms with Gasteiger partial charge in [-0.1, -0.05) is 13.8 Å². The molecule has 0 spiro atoms. The molecule has 1 aliphatic carbocycles. The highest BCUT2D eigenvalue weighted by molar-refractivity contribution is 6.05. The third-order valence-corrected chi connectivity index (χ3v) is 6.12. The number of aromatic nitrogens is 2. The fourth-order valence-electron chi connectivity index (χ4n) is 4.28. The minimum Gasteiger partial charge on any atom is -0.354 e. The Morgan fingerprint density at radius 3 is 2.81 bits per heavy atom. The minimum absolute atomic E-state index is 0.0267. The maximum atomic E-state index is 13.4. The summed E-state index contributed by atoms with van der Waals surface area (Å²) in [6.07, 6.45) is 4.65. The number of nitrogens with one attached hydrogen (secondary N) is 2. The predicted octanol–water partition coefficient (Wildman–Crippen LogP) is 2.88. The largest absolute Gasteiger partial charge is 0.354 e. The first kappa shape index (κ1) is 18.0. The number of amides is 2. The summed E-state index contributed by atoms with van der Waals surface area (Å²) in [6.45, 7) is 7.59. The fourth-order valence-corrected chi connectivity index (χ4v) is 4.28. The first-order chi connectivity index (χ1) is 12.9. The number of aromatic amines is 1. The van der Waals surface area contributed by atoms with Crippen molar-refractivity contribution < 1.29 is 9.59 Å². The molecule has 1 aromatic heterocycles. The maximum Gasteiger partial charge on any atom is 0.256 e. The Morgan fingerprint density at radius 2 is 2.07 bits per heavy atom. The lowest BCUT2D eigenvalue weighted by Crippen LogP contribution is -2.51. The maximum absolute atomic E-state index is 13.4. The van der Waals surface area contributed by atoms with E-state index < -0.39 is 0 Å². The number of benzene rings is 1. The molecule has 27 heavy (non-hydrogen) atoms. The Labute approximate surface area is 159 Å². The second-order valence-electron chi connectivity index (χ2n) is 8.49. The molecule has 2 fully saturated rings. The van der Waals surface area contributed by atoms with Crippen LogP contribution in [0.15, 0.2) is 18.3 Å². The van der Waals surface area contributed by atoms with E-state index in [0.29, 0.717) is 23.9 Å². The van der Waals surface area contributed by atoms with E-state index >= 15 is 0 Å². The molecule has 2 amide bonds. The van der Waals surface area contributed by atoms with Crippen molar-refractivity contribution in [2.24, 2.45) is 17.8 Å². The molecule has 6 nitrogen and oxygen atoms in total. The van der Waals surface area contributed by atoms with Crippen LogP contribution in [0, 0.1) is 24.7 Å². The molecule has 144 valence electrons. The van der Waals surface area contributed by atoms with Crippen molar-refractivity contribution in [2.75, 3.05) is 13.1 Å². The summed E-state index contributed by atoms with van der Waals surface area (Å²) in [5.41, 5.74) is 2.51. The van der Waals surface area contributed by atoms with Gasteiger partial charge in [0.05, 0.1) is 17.3 Å². The molecule has 1 saturated heterocycles. The zero-order valence-corrected chi connectivity index (χ0v) is 16.3. The Hall–Kier alpha value is -2.37. The Morgan fingerprint density at radius 1 is 1.30 bits per heavy atom. The summed E-state index contributed by atoms with van der Waals surface area (Å²) in [4.78, 5) is 27.6. The van der Waals surface area contributed by atoms with Crippen LogP contribution in [-0.4, -0.2) is 46.0 Å². The van der Waals surface area contributed by atoms with E-state index in [1.807, 2.05) is 24.0 Å². The highest BCUT2D eigenvalue weighted by atomic mass is 16.2. The highest BCUT2D eigenvalue weighted by Crippen LogP contribution is 2.37. The Bertz CT molecular complexity index is 874. The van der Waals surface area contributed by atoms with Gasteiger partial charge < -0.3 is 10.2 Å². The van der Waals surface area contributed by atoms with Gasteiger partial charge in [-0.15, -0.1) is 0 Å². The van der Waals surface area contributed by atoms with Gasteiger partial charge in [-0.05, 0) is 55.7 Å². The number of H-pyrrole nitrogens is 1. The Kier molecular flexibility index (Phi) is 4.66. The number of carbonyl (C=O) groups is 2. The van der Waals surface area contributed by atoms with Crippen LogP contribution in [0.3, 0.4) is 0 Å². The average Bonchev–Trinajstić information content (AvgIpc) is 3.18. The van der Waals surface area contributed by atoms with Crippen LogP contribution >= 0.6 is 0 Å². The smallest absolute Gasteiger partial charge is 0.256 e. The van der Waals surface area contributed by atoms with Crippen LogP contribution < -0.4 is 5.32 Å². The monoisotopic (exact) mass is 368 g/mol. The van der Waals surface area contributed by atoms with Crippen molar-refractivity contribution in [3.8, 4) is 0 Å². The van der Waals surface area contributed by atoms with E-state index in [0.717, 1.165) is 42.3 Å². The van der Waals surface area contributed by atoms with Gasteiger partial charge in [0.2, 0.25) is 5.91 Å². The molecular weight excluding hydrogens is 340 g/mol. The summed E-state index contributed by atoms with van der Waals surface area (Å²) in [5, 5.41) is 11.1. The van der Waals surface area contributed by atoms with Crippen molar-refractivity contribution in [1.29, 1.82) is 0 Å². The van der Waals surface area contributed by atoms with E-state index in [1.54, 1.807) is 6.20 Å². The van der Waals surface area contributed by atoms with Gasteiger partial charge in [-0.25, -0.2) is 0 Å². The van der Waals surface area contributed by atoms with E-state index in [9.17, 15) is 9.59 Å². The molecule has 0 bridgehead atoms. The molecule has 6 heteroatoms. The number of aryl methyl sites for hydroxylation is 1. The summed E-state index contributed by atoms with van der Waals surface area (Å²) in [5.74, 6) is 1.38. The molecule has 2 N–H and O–H groups in total. The number of hydrogen-bond donors (Lipinski definition) is 2. The summed E-state index contributed by atoms with van der Waals surface area (Å²) >= 11 is 0. The molecular formula is C21H28N4O2. The number of carbonyl (C=O) groups excluding carboxylic acids is 2. The molecule has 2 heterocycles. The molecule has 1 saturated carbocycles. The zero-order chi connectivity index (χ0) is 19.1. The average molecular weight is 368 g/mol.